The zero-order valence-corrected chi connectivity index (χ0v) is 29.3. The molecule has 4 aliphatic rings. The van der Waals surface area contributed by atoms with Gasteiger partial charge in [0.2, 0.25) is 0 Å². The van der Waals surface area contributed by atoms with Gasteiger partial charge in [-0.2, -0.15) is 0 Å². The maximum atomic E-state index is 13.6. The van der Waals surface area contributed by atoms with Crippen LogP contribution >= 0.6 is 11.6 Å². The number of rotatable bonds is 7. The highest BCUT2D eigenvalue weighted by molar-refractivity contribution is 6.65. The van der Waals surface area contributed by atoms with Gasteiger partial charge in [-0.1, -0.05) is 51.4 Å². The number of benzene rings is 1. The smallest absolute Gasteiger partial charge is 0.480 e. The van der Waals surface area contributed by atoms with Gasteiger partial charge in [0.25, 0.3) is 0 Å². The van der Waals surface area contributed by atoms with Crippen LogP contribution in [-0.2, 0) is 23.7 Å². The molecule has 9 atom stereocenters. The lowest BCUT2D eigenvalue weighted by molar-refractivity contribution is -0.207. The summed E-state index contributed by atoms with van der Waals surface area (Å²) in [5, 5.41) is 25.1. The molecule has 2 bridgehead atoms. The molecule has 3 aliphatic carbocycles. The number of ketones is 1. The Morgan fingerprint density at radius 2 is 1.94 bits per heavy atom. The van der Waals surface area contributed by atoms with Crippen LogP contribution in [0.2, 0.25) is 5.02 Å². The van der Waals surface area contributed by atoms with Crippen LogP contribution in [0.5, 0.6) is 5.75 Å². The van der Waals surface area contributed by atoms with Crippen LogP contribution in [0, 0.1) is 34.0 Å². The predicted molar refractivity (Wildman–Crippen MR) is 177 cm³/mol. The first-order valence-corrected chi connectivity index (χ1v) is 17.0. The highest BCUT2D eigenvalue weighted by Crippen LogP contribution is 2.68. The highest BCUT2D eigenvalue weighted by Gasteiger charge is 2.68. The lowest BCUT2D eigenvalue weighted by atomic mass is 9.44. The summed E-state index contributed by atoms with van der Waals surface area (Å²) < 4.78 is 23.0. The van der Waals surface area contributed by atoms with Gasteiger partial charge in [-0.25, -0.2) is 9.59 Å². The standard InChI is InChI=1S/C35H49BClNO9/c1-9-33(7)16-25(34(8)19(2)12-14-35(20(3)30(33)41)15-13-22(39)29(34)35)45-26(40)18-44-23-11-10-21-24(47-36(43)27(21)28(23)37)17-38-31(42)46-32(4,5)6/h9-11,19-20,24-25,29-30,41,43H,1,12-18H2,2-8H3,(H,38,42)/t19-,20+,24?,25-,29+,30+,33-,34+,35+/m1/s1. The van der Waals surface area contributed by atoms with Crippen LogP contribution in [-0.4, -0.2) is 66.1 Å². The van der Waals surface area contributed by atoms with E-state index in [1.165, 1.54) is 0 Å². The molecule has 3 fully saturated rings. The van der Waals surface area contributed by atoms with Crippen LogP contribution in [0.3, 0.4) is 0 Å². The number of hydrogen-bond donors (Lipinski definition) is 3. The number of hydrogen-bond acceptors (Lipinski definition) is 9. The molecule has 1 heterocycles. The number of Topliss-reactive ketones (excluding diaryl/α,β-unsaturated/α-hetero) is 1. The van der Waals surface area contributed by atoms with Crippen molar-refractivity contribution in [2.75, 3.05) is 13.2 Å². The number of nitrogens with one attached hydrogen (secondary N) is 1. The summed E-state index contributed by atoms with van der Waals surface area (Å²) in [6.45, 7) is 17.1. The Balaban J connectivity index is 1.33. The fourth-order valence-corrected chi connectivity index (χ4v) is 9.33. The van der Waals surface area contributed by atoms with Crippen molar-refractivity contribution in [2.45, 2.75) is 104 Å². The zero-order chi connectivity index (χ0) is 34.7. The molecule has 0 saturated heterocycles. The van der Waals surface area contributed by atoms with Crippen molar-refractivity contribution >= 4 is 42.0 Å². The van der Waals surface area contributed by atoms with Gasteiger partial charge in [0.1, 0.15) is 23.2 Å². The largest absolute Gasteiger partial charge is 0.493 e. The third-order valence-corrected chi connectivity index (χ3v) is 12.2. The Bertz CT molecular complexity index is 1430. The SMILES string of the molecule is C=C[C@]1(C)C[C@@H](OC(=O)COc2ccc3c(c2Cl)B(O)OC3CNC(=O)OC(C)(C)C)[C@]2(C)[C@H](C)CC[C@]3(CCC(=O)[C@H]32)[C@@H](C)[C@@H]1O. The third-order valence-electron chi connectivity index (χ3n) is 11.8. The molecular formula is C35H49BClNO9. The van der Waals surface area contributed by atoms with Gasteiger partial charge in [0.15, 0.2) is 6.61 Å². The minimum Gasteiger partial charge on any atom is -0.480 e. The Hall–Kier alpha value is -2.60. The van der Waals surface area contributed by atoms with Crippen LogP contribution in [0.15, 0.2) is 24.8 Å². The number of esters is 1. The van der Waals surface area contributed by atoms with Gasteiger partial charge in [-0.15, -0.1) is 6.58 Å². The summed E-state index contributed by atoms with van der Waals surface area (Å²) in [7, 11) is -1.37. The van der Waals surface area contributed by atoms with E-state index in [2.05, 4.69) is 32.7 Å². The number of carbonyl (C=O) groups excluding carboxylic acids is 3. The minimum atomic E-state index is -1.37. The minimum absolute atomic E-state index is 0.0439. The summed E-state index contributed by atoms with van der Waals surface area (Å²) >= 11 is 6.65. The second kappa shape index (κ2) is 12.7. The average Bonchev–Trinajstić information content (AvgIpc) is 3.52. The number of carbonyl (C=O) groups is 3. The van der Waals surface area contributed by atoms with E-state index in [9.17, 15) is 24.5 Å². The number of amides is 1. The average molecular weight is 674 g/mol. The molecule has 258 valence electrons. The molecule has 10 nitrogen and oxygen atoms in total. The first kappa shape index (κ1) is 35.7. The zero-order valence-electron chi connectivity index (χ0n) is 28.6. The van der Waals surface area contributed by atoms with Gasteiger partial charge in [-0.3, -0.25) is 4.79 Å². The van der Waals surface area contributed by atoms with Crippen molar-refractivity contribution in [2.24, 2.45) is 34.0 Å². The molecule has 1 amide bonds. The Morgan fingerprint density at radius 3 is 2.60 bits per heavy atom. The Kier molecular flexibility index (Phi) is 9.65. The quantitative estimate of drug-likeness (QED) is 0.209. The van der Waals surface area contributed by atoms with Gasteiger partial charge in [0, 0.05) is 35.2 Å². The lowest BCUT2D eigenvalue weighted by Gasteiger charge is -2.61. The first-order chi connectivity index (χ1) is 21.9. The van der Waals surface area contributed by atoms with Gasteiger partial charge in [-0.05, 0) is 75.3 Å². The molecule has 0 radical (unpaired) electrons. The maximum Gasteiger partial charge on any atom is 0.493 e. The molecule has 3 N–H and O–H groups in total. The number of fused-ring (bicyclic) bond motifs is 1. The molecule has 5 rings (SSSR count). The molecule has 1 aliphatic heterocycles. The van der Waals surface area contributed by atoms with Crippen molar-refractivity contribution in [3.8, 4) is 5.75 Å². The molecule has 47 heavy (non-hydrogen) atoms. The summed E-state index contributed by atoms with van der Waals surface area (Å²) in [5.41, 5.74) is -1.57. The second-order valence-corrected chi connectivity index (χ2v) is 16.0. The lowest BCUT2D eigenvalue weighted by Crippen LogP contribution is -2.63. The first-order valence-electron chi connectivity index (χ1n) is 16.7. The fourth-order valence-electron chi connectivity index (χ4n) is 9.01. The van der Waals surface area contributed by atoms with Gasteiger partial charge in [0.05, 0.1) is 17.2 Å². The predicted octanol–water partition coefficient (Wildman–Crippen LogP) is 4.91. The summed E-state index contributed by atoms with van der Waals surface area (Å²) in [6, 6.07) is 3.25. The maximum absolute atomic E-state index is 13.6. The number of alkyl carbamates (subject to hydrolysis) is 1. The Morgan fingerprint density at radius 1 is 1.23 bits per heavy atom. The van der Waals surface area contributed by atoms with E-state index >= 15 is 0 Å². The van der Waals surface area contributed by atoms with Crippen LogP contribution < -0.4 is 15.5 Å². The second-order valence-electron chi connectivity index (χ2n) is 15.6. The normalized spacial score (nSPS) is 36.5. The van der Waals surface area contributed by atoms with E-state index < -0.39 is 60.5 Å². The number of aliphatic hydroxyl groups excluding tert-OH is 1. The number of ether oxygens (including phenoxy) is 3. The van der Waals surface area contributed by atoms with Crippen molar-refractivity contribution in [3.05, 3.63) is 35.4 Å². The van der Waals surface area contributed by atoms with Gasteiger partial charge < -0.3 is 34.3 Å². The van der Waals surface area contributed by atoms with E-state index in [0.717, 1.165) is 19.3 Å². The van der Waals surface area contributed by atoms with E-state index in [1.54, 1.807) is 39.0 Å². The topological polar surface area (TPSA) is 141 Å². The van der Waals surface area contributed by atoms with E-state index in [-0.39, 0.29) is 51.7 Å². The van der Waals surface area contributed by atoms with Crippen molar-refractivity contribution in [3.63, 3.8) is 0 Å². The fraction of sp³-hybridized carbons (Fsp3) is 0.686. The number of halogens is 1. The van der Waals surface area contributed by atoms with Crippen LogP contribution in [0.1, 0.15) is 92.2 Å². The Labute approximate surface area is 283 Å². The molecule has 1 unspecified atom stereocenters. The van der Waals surface area contributed by atoms with E-state index in [1.807, 2.05) is 6.92 Å². The van der Waals surface area contributed by atoms with Gasteiger partial charge >= 0.3 is 19.2 Å². The molecule has 3 saturated carbocycles. The molecule has 1 aromatic carbocycles. The highest BCUT2D eigenvalue weighted by atomic mass is 35.5. The monoisotopic (exact) mass is 673 g/mol. The summed E-state index contributed by atoms with van der Waals surface area (Å²) in [4.78, 5) is 39.3. The van der Waals surface area contributed by atoms with Crippen LogP contribution in [0.4, 0.5) is 4.79 Å². The molecule has 1 aromatic rings. The molecular weight excluding hydrogens is 625 g/mol. The van der Waals surface area contributed by atoms with Crippen molar-refractivity contribution in [1.29, 1.82) is 0 Å². The van der Waals surface area contributed by atoms with Crippen molar-refractivity contribution in [1.82, 2.24) is 5.32 Å². The van der Waals surface area contributed by atoms with Crippen LogP contribution in [0.25, 0.3) is 0 Å². The summed E-state index contributed by atoms with van der Waals surface area (Å²) in [5.74, 6) is -0.644. The third kappa shape index (κ3) is 6.22. The molecule has 0 spiro atoms. The van der Waals surface area contributed by atoms with E-state index in [4.69, 9.17) is 30.5 Å². The number of aliphatic hydroxyl groups is 1. The van der Waals surface area contributed by atoms with Crippen molar-refractivity contribution < 1.29 is 43.4 Å². The summed E-state index contributed by atoms with van der Waals surface area (Å²) in [6.07, 6.45) is 2.25. The van der Waals surface area contributed by atoms with E-state index in [0.29, 0.717) is 18.4 Å². The molecule has 0 aromatic heterocycles. The molecule has 12 heteroatoms.